The van der Waals surface area contributed by atoms with Crippen molar-refractivity contribution >= 4 is 21.8 Å². The van der Waals surface area contributed by atoms with E-state index in [2.05, 4.69) is 0 Å². The summed E-state index contributed by atoms with van der Waals surface area (Å²) in [4.78, 5) is 0. The van der Waals surface area contributed by atoms with Crippen LogP contribution in [0.2, 0.25) is 5.02 Å². The van der Waals surface area contributed by atoms with Crippen LogP contribution in [-0.4, -0.2) is 14.2 Å². The molecule has 0 unspecified atom stereocenters. The van der Waals surface area contributed by atoms with Crippen molar-refractivity contribution in [3.05, 3.63) is 34.6 Å². The molecule has 0 bridgehead atoms. The summed E-state index contributed by atoms with van der Waals surface area (Å²) >= 11 is 5.40. The summed E-state index contributed by atoms with van der Waals surface area (Å²) in [6, 6.07) is 3.85. The average Bonchev–Trinajstić information content (AvgIpc) is 2.06. The molecule has 1 rings (SSSR count). The lowest BCUT2D eigenvalue weighted by Crippen LogP contribution is -2.02. The van der Waals surface area contributed by atoms with E-state index >= 15 is 0 Å². The molecule has 14 heavy (non-hydrogen) atoms. The SMILES string of the molecule is O=S(=O)(F)CCc1ccc(Cl)c(F)c1. The fourth-order valence-electron chi connectivity index (χ4n) is 0.935. The second-order valence-electron chi connectivity index (χ2n) is 2.74. The van der Waals surface area contributed by atoms with Crippen LogP contribution >= 0.6 is 11.6 Å². The van der Waals surface area contributed by atoms with E-state index in [0.717, 1.165) is 6.07 Å². The van der Waals surface area contributed by atoms with E-state index in [4.69, 9.17) is 11.6 Å². The molecular formula is C8H7ClF2O2S. The molecule has 0 radical (unpaired) electrons. The Bertz CT molecular complexity index is 431. The molecule has 6 heteroatoms. The second-order valence-corrected chi connectivity index (χ2v) is 4.63. The van der Waals surface area contributed by atoms with Crippen LogP contribution in [0.5, 0.6) is 0 Å². The summed E-state index contributed by atoms with van der Waals surface area (Å²) in [5, 5.41) is -0.0446. The first-order valence-electron chi connectivity index (χ1n) is 3.75. The molecule has 0 aliphatic heterocycles. The smallest absolute Gasteiger partial charge is 0.205 e. The van der Waals surface area contributed by atoms with Crippen LogP contribution in [-0.2, 0) is 16.6 Å². The Kier molecular flexibility index (Phi) is 3.44. The van der Waals surface area contributed by atoms with Gasteiger partial charge < -0.3 is 0 Å². The lowest BCUT2D eigenvalue weighted by molar-refractivity contribution is 0.551. The number of aryl methyl sites for hydroxylation is 1. The molecule has 78 valence electrons. The summed E-state index contributed by atoms with van der Waals surface area (Å²) in [5.74, 6) is -1.28. The van der Waals surface area contributed by atoms with Gasteiger partial charge in [0, 0.05) is 0 Å². The van der Waals surface area contributed by atoms with Crippen molar-refractivity contribution in [3.8, 4) is 0 Å². The zero-order valence-corrected chi connectivity index (χ0v) is 8.58. The van der Waals surface area contributed by atoms with Crippen LogP contribution in [0.1, 0.15) is 5.56 Å². The largest absolute Gasteiger partial charge is 0.302 e. The monoisotopic (exact) mass is 240 g/mol. The summed E-state index contributed by atoms with van der Waals surface area (Å²) in [5.41, 5.74) is 0.396. The maximum atomic E-state index is 12.8. The third kappa shape index (κ3) is 3.59. The van der Waals surface area contributed by atoms with Gasteiger partial charge in [-0.05, 0) is 24.1 Å². The average molecular weight is 241 g/mol. The van der Waals surface area contributed by atoms with Crippen LogP contribution in [0.15, 0.2) is 18.2 Å². The molecule has 0 amide bonds. The second kappa shape index (κ2) is 4.23. The highest BCUT2D eigenvalue weighted by molar-refractivity contribution is 7.86. The Balaban J connectivity index is 2.74. The predicted octanol–water partition coefficient (Wildman–Crippen LogP) is 2.32. The molecule has 0 aliphatic carbocycles. The van der Waals surface area contributed by atoms with Crippen LogP contribution in [0, 0.1) is 5.82 Å². The van der Waals surface area contributed by atoms with E-state index in [-0.39, 0.29) is 11.4 Å². The summed E-state index contributed by atoms with van der Waals surface area (Å²) in [7, 11) is -4.50. The molecular weight excluding hydrogens is 234 g/mol. The van der Waals surface area contributed by atoms with Crippen LogP contribution in [0.4, 0.5) is 8.28 Å². The quantitative estimate of drug-likeness (QED) is 0.760. The summed E-state index contributed by atoms with van der Waals surface area (Å²) < 4.78 is 45.3. The van der Waals surface area contributed by atoms with E-state index in [9.17, 15) is 16.7 Å². The fraction of sp³-hybridized carbons (Fsp3) is 0.250. The Morgan fingerprint density at radius 1 is 1.36 bits per heavy atom. The Labute approximate surface area is 85.7 Å². The van der Waals surface area contributed by atoms with Crippen molar-refractivity contribution in [3.63, 3.8) is 0 Å². The molecule has 2 nitrogen and oxygen atoms in total. The number of halogens is 3. The summed E-state index contributed by atoms with van der Waals surface area (Å²) in [6.45, 7) is 0. The molecule has 1 aromatic carbocycles. The number of hydrogen-bond donors (Lipinski definition) is 0. The van der Waals surface area contributed by atoms with Gasteiger partial charge in [-0.25, -0.2) is 4.39 Å². The first-order valence-corrected chi connectivity index (χ1v) is 5.68. The zero-order valence-electron chi connectivity index (χ0n) is 7.00. The van der Waals surface area contributed by atoms with Gasteiger partial charge in [0.15, 0.2) is 0 Å². The zero-order chi connectivity index (χ0) is 10.8. The molecule has 0 saturated heterocycles. The number of benzene rings is 1. The molecule has 0 aromatic heterocycles. The van der Waals surface area contributed by atoms with Gasteiger partial charge in [0.1, 0.15) is 5.82 Å². The van der Waals surface area contributed by atoms with E-state index in [1.807, 2.05) is 0 Å². The molecule has 0 fully saturated rings. The maximum Gasteiger partial charge on any atom is 0.302 e. The minimum atomic E-state index is -4.50. The molecule has 1 aromatic rings. The number of rotatable bonds is 3. The lowest BCUT2D eigenvalue weighted by Gasteiger charge is -1.99. The Morgan fingerprint density at radius 2 is 2.00 bits per heavy atom. The maximum absolute atomic E-state index is 12.8. The van der Waals surface area contributed by atoms with Gasteiger partial charge in [-0.2, -0.15) is 8.42 Å². The minimum Gasteiger partial charge on any atom is -0.205 e. The topological polar surface area (TPSA) is 34.1 Å². The van der Waals surface area contributed by atoms with Gasteiger partial charge in [-0.1, -0.05) is 17.7 Å². The van der Waals surface area contributed by atoms with Gasteiger partial charge in [0.2, 0.25) is 0 Å². The Morgan fingerprint density at radius 3 is 2.50 bits per heavy atom. The van der Waals surface area contributed by atoms with Crippen molar-refractivity contribution in [2.45, 2.75) is 6.42 Å². The van der Waals surface area contributed by atoms with Gasteiger partial charge in [-0.15, -0.1) is 3.89 Å². The van der Waals surface area contributed by atoms with Gasteiger partial charge >= 0.3 is 10.2 Å². The van der Waals surface area contributed by atoms with Crippen LogP contribution < -0.4 is 0 Å². The van der Waals surface area contributed by atoms with E-state index in [1.165, 1.54) is 12.1 Å². The van der Waals surface area contributed by atoms with E-state index < -0.39 is 21.8 Å². The van der Waals surface area contributed by atoms with Crippen LogP contribution in [0.25, 0.3) is 0 Å². The molecule has 0 N–H and O–H groups in total. The molecule has 0 spiro atoms. The van der Waals surface area contributed by atoms with Crippen molar-refractivity contribution < 1.29 is 16.7 Å². The standard InChI is InChI=1S/C8H7ClF2O2S/c9-7-2-1-6(5-8(7)10)3-4-14(11,12)13/h1-2,5H,3-4H2. The van der Waals surface area contributed by atoms with E-state index in [0.29, 0.717) is 5.56 Å². The summed E-state index contributed by atoms with van der Waals surface area (Å²) in [6.07, 6.45) is -0.0626. The highest BCUT2D eigenvalue weighted by Gasteiger charge is 2.08. The Hall–Kier alpha value is -0.680. The highest BCUT2D eigenvalue weighted by Crippen LogP contribution is 2.16. The normalized spacial score (nSPS) is 11.6. The molecule has 0 heterocycles. The third-order valence-electron chi connectivity index (χ3n) is 1.62. The van der Waals surface area contributed by atoms with Crippen molar-refractivity contribution in [1.82, 2.24) is 0 Å². The van der Waals surface area contributed by atoms with Gasteiger partial charge in [0.25, 0.3) is 0 Å². The molecule has 0 aliphatic rings. The van der Waals surface area contributed by atoms with Gasteiger partial charge in [0.05, 0.1) is 10.8 Å². The fourth-order valence-corrected chi connectivity index (χ4v) is 1.53. The third-order valence-corrected chi connectivity index (χ3v) is 2.62. The van der Waals surface area contributed by atoms with E-state index in [1.54, 1.807) is 0 Å². The van der Waals surface area contributed by atoms with Crippen LogP contribution in [0.3, 0.4) is 0 Å². The lowest BCUT2D eigenvalue weighted by atomic mass is 10.2. The minimum absolute atomic E-state index is 0.0446. The van der Waals surface area contributed by atoms with Crippen molar-refractivity contribution in [2.75, 3.05) is 5.75 Å². The van der Waals surface area contributed by atoms with Crippen molar-refractivity contribution in [2.24, 2.45) is 0 Å². The van der Waals surface area contributed by atoms with Gasteiger partial charge in [-0.3, -0.25) is 0 Å². The molecule has 0 saturated carbocycles. The van der Waals surface area contributed by atoms with Crippen molar-refractivity contribution in [1.29, 1.82) is 0 Å². The first kappa shape index (κ1) is 11.4. The number of hydrogen-bond acceptors (Lipinski definition) is 2. The first-order chi connectivity index (χ1) is 6.38. The highest BCUT2D eigenvalue weighted by atomic mass is 35.5. The molecule has 0 atom stereocenters. The predicted molar refractivity (Wildman–Crippen MR) is 50.0 cm³/mol.